The number of ketones is 1. The molecule has 0 saturated carbocycles. The molecular weight excluding hydrogens is 284 g/mol. The van der Waals surface area contributed by atoms with Gasteiger partial charge in [-0.1, -0.05) is 18.2 Å². The summed E-state index contributed by atoms with van der Waals surface area (Å²) < 4.78 is 5.55. The SMILES string of the molecule is N#CCCCOc1cccc(/C=C/C(=O)c2nccs2)c1. The zero-order chi connectivity index (χ0) is 14.9. The molecule has 5 heteroatoms. The van der Waals surface area contributed by atoms with E-state index in [4.69, 9.17) is 10.00 Å². The summed E-state index contributed by atoms with van der Waals surface area (Å²) in [6.07, 6.45) is 6.06. The van der Waals surface area contributed by atoms with E-state index in [-0.39, 0.29) is 5.78 Å². The molecule has 21 heavy (non-hydrogen) atoms. The molecule has 4 nitrogen and oxygen atoms in total. The minimum Gasteiger partial charge on any atom is -0.494 e. The molecule has 0 radical (unpaired) electrons. The number of carbonyl (C=O) groups excluding carboxylic acids is 1. The van der Waals surface area contributed by atoms with Gasteiger partial charge in [-0.15, -0.1) is 11.3 Å². The van der Waals surface area contributed by atoms with Gasteiger partial charge < -0.3 is 4.74 Å². The number of rotatable bonds is 7. The van der Waals surface area contributed by atoms with Crippen LogP contribution in [0.5, 0.6) is 5.75 Å². The van der Waals surface area contributed by atoms with E-state index in [9.17, 15) is 4.79 Å². The van der Waals surface area contributed by atoms with E-state index in [2.05, 4.69) is 11.1 Å². The number of hydrogen-bond donors (Lipinski definition) is 0. The van der Waals surface area contributed by atoms with Gasteiger partial charge in [0.2, 0.25) is 5.78 Å². The molecule has 0 bridgehead atoms. The second-order valence-electron chi connectivity index (χ2n) is 4.22. The van der Waals surface area contributed by atoms with Gasteiger partial charge in [-0.25, -0.2) is 4.98 Å². The molecule has 0 N–H and O–H groups in total. The Bertz CT molecular complexity index is 657. The van der Waals surface area contributed by atoms with Crippen LogP contribution in [-0.4, -0.2) is 17.4 Å². The predicted molar refractivity (Wildman–Crippen MR) is 82.3 cm³/mol. The molecule has 0 aliphatic heterocycles. The quantitative estimate of drug-likeness (QED) is 0.444. The van der Waals surface area contributed by atoms with Crippen LogP contribution in [0.1, 0.15) is 28.2 Å². The highest BCUT2D eigenvalue weighted by Gasteiger charge is 2.03. The number of nitrogens with zero attached hydrogens (tertiary/aromatic N) is 2. The second kappa shape index (κ2) is 7.98. The summed E-state index contributed by atoms with van der Waals surface area (Å²) in [5, 5.41) is 10.7. The van der Waals surface area contributed by atoms with Gasteiger partial charge in [-0.2, -0.15) is 5.26 Å². The first-order valence-corrected chi connectivity index (χ1v) is 7.39. The fraction of sp³-hybridized carbons (Fsp3) is 0.188. The third-order valence-electron chi connectivity index (χ3n) is 2.63. The van der Waals surface area contributed by atoms with E-state index in [1.807, 2.05) is 24.3 Å². The maximum absolute atomic E-state index is 11.8. The van der Waals surface area contributed by atoms with Crippen LogP contribution in [0, 0.1) is 11.3 Å². The van der Waals surface area contributed by atoms with E-state index in [1.165, 1.54) is 17.4 Å². The average molecular weight is 298 g/mol. The maximum Gasteiger partial charge on any atom is 0.214 e. The minimum absolute atomic E-state index is 0.106. The van der Waals surface area contributed by atoms with E-state index in [0.717, 1.165) is 11.3 Å². The molecule has 1 heterocycles. The Labute approximate surface area is 127 Å². The van der Waals surface area contributed by atoms with Crippen molar-refractivity contribution in [2.45, 2.75) is 12.8 Å². The summed E-state index contributed by atoms with van der Waals surface area (Å²) in [6.45, 7) is 0.513. The van der Waals surface area contributed by atoms with Gasteiger partial charge in [-0.05, 0) is 30.2 Å². The number of nitriles is 1. The minimum atomic E-state index is -0.106. The third kappa shape index (κ3) is 4.86. The molecule has 0 aliphatic rings. The third-order valence-corrected chi connectivity index (χ3v) is 3.42. The summed E-state index contributed by atoms with van der Waals surface area (Å²) in [7, 11) is 0. The molecule has 0 unspecified atom stereocenters. The monoisotopic (exact) mass is 298 g/mol. The van der Waals surface area contributed by atoms with Crippen molar-refractivity contribution in [3.05, 3.63) is 52.5 Å². The molecule has 0 spiro atoms. The molecule has 0 fully saturated rings. The van der Waals surface area contributed by atoms with Gasteiger partial charge in [-0.3, -0.25) is 4.79 Å². The highest BCUT2D eigenvalue weighted by Crippen LogP contribution is 2.15. The summed E-state index contributed by atoms with van der Waals surface area (Å²) in [5.41, 5.74) is 0.887. The van der Waals surface area contributed by atoms with Gasteiger partial charge in [0, 0.05) is 18.0 Å². The lowest BCUT2D eigenvalue weighted by Gasteiger charge is -2.05. The van der Waals surface area contributed by atoms with Gasteiger partial charge >= 0.3 is 0 Å². The number of hydrogen-bond acceptors (Lipinski definition) is 5. The molecule has 0 atom stereocenters. The molecule has 0 amide bonds. The van der Waals surface area contributed by atoms with Crippen molar-refractivity contribution >= 4 is 23.2 Å². The smallest absolute Gasteiger partial charge is 0.214 e. The lowest BCUT2D eigenvalue weighted by atomic mass is 10.2. The molecule has 2 aromatic rings. The van der Waals surface area contributed by atoms with Gasteiger partial charge in [0.15, 0.2) is 5.01 Å². The van der Waals surface area contributed by atoms with E-state index in [0.29, 0.717) is 24.5 Å². The second-order valence-corrected chi connectivity index (χ2v) is 5.11. The van der Waals surface area contributed by atoms with Crippen LogP contribution in [0.25, 0.3) is 6.08 Å². The maximum atomic E-state index is 11.8. The predicted octanol–water partition coefficient (Wildman–Crippen LogP) is 3.72. The average Bonchev–Trinajstić information content (AvgIpc) is 3.04. The Morgan fingerprint density at radius 1 is 1.48 bits per heavy atom. The Balaban J connectivity index is 1.94. The largest absolute Gasteiger partial charge is 0.494 e. The Kier molecular flexibility index (Phi) is 5.68. The van der Waals surface area contributed by atoms with Crippen LogP contribution < -0.4 is 4.74 Å². The van der Waals surface area contributed by atoms with E-state index < -0.39 is 0 Å². The van der Waals surface area contributed by atoms with Crippen molar-refractivity contribution < 1.29 is 9.53 Å². The number of carbonyl (C=O) groups is 1. The summed E-state index contributed by atoms with van der Waals surface area (Å²) in [4.78, 5) is 15.8. The molecule has 0 aliphatic carbocycles. The number of benzene rings is 1. The summed E-state index contributed by atoms with van der Waals surface area (Å²) >= 11 is 1.32. The first-order valence-electron chi connectivity index (χ1n) is 6.51. The van der Waals surface area contributed by atoms with Crippen molar-refractivity contribution in [1.29, 1.82) is 5.26 Å². The Hall–Kier alpha value is -2.45. The molecule has 0 saturated heterocycles. The molecule has 1 aromatic carbocycles. The normalized spacial score (nSPS) is 10.4. The van der Waals surface area contributed by atoms with Crippen LogP contribution in [-0.2, 0) is 0 Å². The van der Waals surface area contributed by atoms with Crippen LogP contribution in [0.4, 0.5) is 0 Å². The zero-order valence-electron chi connectivity index (χ0n) is 11.4. The van der Waals surface area contributed by atoms with E-state index >= 15 is 0 Å². The number of aromatic nitrogens is 1. The highest BCUT2D eigenvalue weighted by molar-refractivity contribution is 7.11. The van der Waals surface area contributed by atoms with Crippen molar-refractivity contribution in [2.75, 3.05) is 6.61 Å². The highest BCUT2D eigenvalue weighted by atomic mass is 32.1. The number of unbranched alkanes of at least 4 members (excludes halogenated alkanes) is 1. The number of allylic oxidation sites excluding steroid dienone is 1. The first-order chi connectivity index (χ1) is 10.3. The zero-order valence-corrected chi connectivity index (χ0v) is 12.2. The lowest BCUT2D eigenvalue weighted by molar-refractivity contribution is 0.104. The van der Waals surface area contributed by atoms with Crippen molar-refractivity contribution in [3.8, 4) is 11.8 Å². The number of ether oxygens (including phenoxy) is 1. The summed E-state index contributed by atoms with van der Waals surface area (Å²) in [5.74, 6) is 0.627. The standard InChI is InChI=1S/C16H14N2O2S/c17-8-1-2-10-20-14-5-3-4-13(12-14)6-7-15(19)16-18-9-11-21-16/h3-7,9,11-12H,1-2,10H2/b7-6+. The topological polar surface area (TPSA) is 63.0 Å². The van der Waals surface area contributed by atoms with Crippen LogP contribution in [0.3, 0.4) is 0 Å². The van der Waals surface area contributed by atoms with Gasteiger partial charge in [0.05, 0.1) is 12.7 Å². The van der Waals surface area contributed by atoms with Crippen LogP contribution >= 0.6 is 11.3 Å². The van der Waals surface area contributed by atoms with Crippen LogP contribution in [0.15, 0.2) is 41.9 Å². The first kappa shape index (κ1) is 14.9. The Morgan fingerprint density at radius 3 is 3.14 bits per heavy atom. The fourth-order valence-corrected chi connectivity index (χ4v) is 2.19. The van der Waals surface area contributed by atoms with Crippen molar-refractivity contribution in [1.82, 2.24) is 4.98 Å². The lowest BCUT2D eigenvalue weighted by Crippen LogP contribution is -1.96. The number of thiazole rings is 1. The molecule has 2 rings (SSSR count). The molecule has 1 aromatic heterocycles. The van der Waals surface area contributed by atoms with Crippen molar-refractivity contribution in [2.24, 2.45) is 0 Å². The van der Waals surface area contributed by atoms with Gasteiger partial charge in [0.1, 0.15) is 5.75 Å². The fourth-order valence-electron chi connectivity index (χ4n) is 1.64. The molecular formula is C16H14N2O2S. The van der Waals surface area contributed by atoms with Crippen LogP contribution in [0.2, 0.25) is 0 Å². The molecule has 106 valence electrons. The Morgan fingerprint density at radius 2 is 2.38 bits per heavy atom. The van der Waals surface area contributed by atoms with E-state index in [1.54, 1.807) is 17.7 Å². The van der Waals surface area contributed by atoms with Gasteiger partial charge in [0.25, 0.3) is 0 Å². The van der Waals surface area contributed by atoms with Crippen molar-refractivity contribution in [3.63, 3.8) is 0 Å². The summed E-state index contributed by atoms with van der Waals surface area (Å²) in [6, 6.07) is 9.56.